The predicted octanol–water partition coefficient (Wildman–Crippen LogP) is 3.36. The maximum atomic E-state index is 11.7. The molecular weight excluding hydrogens is 298 g/mol. The SMILES string of the molecule is CCC=CSSC[C@H](NC(=O)OC(C)(C)C)C(=O)OC. The van der Waals surface area contributed by atoms with E-state index >= 15 is 0 Å². The molecule has 0 aliphatic rings. The maximum Gasteiger partial charge on any atom is 0.408 e. The summed E-state index contributed by atoms with van der Waals surface area (Å²) in [4.78, 5) is 23.3. The fraction of sp³-hybridized carbons (Fsp3) is 0.692. The van der Waals surface area contributed by atoms with Crippen LogP contribution in [0.25, 0.3) is 0 Å². The van der Waals surface area contributed by atoms with Gasteiger partial charge in [0.1, 0.15) is 11.6 Å². The van der Waals surface area contributed by atoms with Gasteiger partial charge >= 0.3 is 12.1 Å². The van der Waals surface area contributed by atoms with Crippen molar-refractivity contribution in [3.63, 3.8) is 0 Å². The van der Waals surface area contributed by atoms with Gasteiger partial charge in [0.25, 0.3) is 0 Å². The lowest BCUT2D eigenvalue weighted by atomic mass is 10.2. The number of nitrogens with one attached hydrogen (secondary N) is 1. The van der Waals surface area contributed by atoms with Crippen LogP contribution in [0.15, 0.2) is 11.5 Å². The topological polar surface area (TPSA) is 64.6 Å². The van der Waals surface area contributed by atoms with Crippen LogP contribution in [0.5, 0.6) is 0 Å². The summed E-state index contributed by atoms with van der Waals surface area (Å²) >= 11 is 0. The molecule has 0 saturated heterocycles. The maximum absolute atomic E-state index is 11.7. The highest BCUT2D eigenvalue weighted by atomic mass is 33.1. The summed E-state index contributed by atoms with van der Waals surface area (Å²) in [7, 11) is 4.27. The van der Waals surface area contributed by atoms with Gasteiger partial charge in [-0.1, -0.05) is 34.6 Å². The smallest absolute Gasteiger partial charge is 0.408 e. The van der Waals surface area contributed by atoms with Crippen LogP contribution in [0.2, 0.25) is 0 Å². The van der Waals surface area contributed by atoms with Gasteiger partial charge < -0.3 is 14.8 Å². The van der Waals surface area contributed by atoms with Crippen molar-refractivity contribution in [2.45, 2.75) is 45.8 Å². The Morgan fingerprint density at radius 3 is 2.50 bits per heavy atom. The summed E-state index contributed by atoms with van der Waals surface area (Å²) in [6, 6.07) is -0.720. The van der Waals surface area contributed by atoms with Crippen molar-refractivity contribution in [3.05, 3.63) is 11.5 Å². The molecule has 20 heavy (non-hydrogen) atoms. The number of methoxy groups -OCH3 is 1. The molecule has 116 valence electrons. The van der Waals surface area contributed by atoms with E-state index in [1.54, 1.807) is 20.8 Å². The zero-order valence-corrected chi connectivity index (χ0v) is 14.2. The Hall–Kier alpha value is -0.820. The first kappa shape index (κ1) is 19.2. The molecule has 0 aromatic heterocycles. The normalized spacial score (nSPS) is 13.1. The third-order valence-corrected chi connectivity index (χ3v) is 3.93. The van der Waals surface area contributed by atoms with Crippen molar-refractivity contribution < 1.29 is 19.1 Å². The lowest BCUT2D eigenvalue weighted by molar-refractivity contribution is -0.142. The second-order valence-corrected chi connectivity index (χ2v) is 7.20. The van der Waals surface area contributed by atoms with E-state index in [-0.39, 0.29) is 0 Å². The van der Waals surface area contributed by atoms with Crippen molar-refractivity contribution in [1.82, 2.24) is 5.32 Å². The lowest BCUT2D eigenvalue weighted by Crippen LogP contribution is -2.45. The summed E-state index contributed by atoms with van der Waals surface area (Å²) in [5.74, 6) is -0.0756. The standard InChI is InChI=1S/C13H23NO4S2/c1-6-7-8-19-20-9-10(11(15)17-5)14-12(16)18-13(2,3)4/h7-8,10H,6,9H2,1-5H3,(H,14,16)/t10-/m0/s1. The number of hydrogen-bond acceptors (Lipinski definition) is 6. The first-order valence-corrected chi connectivity index (χ1v) is 8.69. The minimum absolute atomic E-state index is 0.407. The Labute approximate surface area is 128 Å². The lowest BCUT2D eigenvalue weighted by Gasteiger charge is -2.22. The average Bonchev–Trinajstić information content (AvgIpc) is 2.34. The molecule has 5 nitrogen and oxygen atoms in total. The van der Waals surface area contributed by atoms with E-state index in [9.17, 15) is 9.59 Å². The summed E-state index contributed by atoms with van der Waals surface area (Å²) in [5.41, 5.74) is -0.601. The van der Waals surface area contributed by atoms with Crippen LogP contribution in [-0.4, -0.2) is 36.6 Å². The monoisotopic (exact) mass is 321 g/mol. The second-order valence-electron chi connectivity index (χ2n) is 4.88. The van der Waals surface area contributed by atoms with Crippen LogP contribution >= 0.6 is 21.6 Å². The summed E-state index contributed by atoms with van der Waals surface area (Å²) in [6.07, 6.45) is 2.36. The van der Waals surface area contributed by atoms with Crippen LogP contribution < -0.4 is 5.32 Å². The molecule has 0 aromatic rings. The molecule has 7 heteroatoms. The summed E-state index contributed by atoms with van der Waals surface area (Å²) < 4.78 is 9.79. The zero-order valence-electron chi connectivity index (χ0n) is 12.6. The largest absolute Gasteiger partial charge is 0.467 e. The van der Waals surface area contributed by atoms with Crippen LogP contribution in [0.1, 0.15) is 34.1 Å². The molecule has 0 heterocycles. The quantitative estimate of drug-likeness (QED) is 0.441. The van der Waals surface area contributed by atoms with Gasteiger partial charge in [-0.2, -0.15) is 0 Å². The second kappa shape index (κ2) is 9.99. The highest BCUT2D eigenvalue weighted by Crippen LogP contribution is 2.23. The number of carbonyl (C=O) groups is 2. The first-order chi connectivity index (χ1) is 9.30. The Balaban J connectivity index is 4.32. The van der Waals surface area contributed by atoms with Crippen LogP contribution in [0.3, 0.4) is 0 Å². The van der Waals surface area contributed by atoms with E-state index in [1.807, 2.05) is 18.4 Å². The zero-order chi connectivity index (χ0) is 15.6. The molecule has 1 atom stereocenters. The van der Waals surface area contributed by atoms with Crippen molar-refractivity contribution in [3.8, 4) is 0 Å². The number of rotatable bonds is 7. The fourth-order valence-corrected chi connectivity index (χ4v) is 2.94. The van der Waals surface area contributed by atoms with Gasteiger partial charge in [0, 0.05) is 5.75 Å². The molecule has 0 spiro atoms. The third-order valence-electron chi connectivity index (χ3n) is 1.87. The van der Waals surface area contributed by atoms with Gasteiger partial charge in [-0.15, -0.1) is 0 Å². The molecule has 0 fully saturated rings. The van der Waals surface area contributed by atoms with Crippen LogP contribution in [0, 0.1) is 0 Å². The molecule has 1 N–H and O–H groups in total. The Bertz CT molecular complexity index is 340. The third kappa shape index (κ3) is 10.0. The minimum Gasteiger partial charge on any atom is -0.467 e. The molecule has 0 aliphatic carbocycles. The van der Waals surface area contributed by atoms with Gasteiger partial charge in [0.15, 0.2) is 0 Å². The van der Waals surface area contributed by atoms with Gasteiger partial charge in [0.2, 0.25) is 0 Å². The highest BCUT2D eigenvalue weighted by molar-refractivity contribution is 8.77. The number of amides is 1. The summed E-state index contributed by atoms with van der Waals surface area (Å²) in [6.45, 7) is 7.34. The number of carbonyl (C=O) groups excluding carboxylic acids is 2. The number of ether oxygens (including phenoxy) is 2. The molecule has 0 bridgehead atoms. The van der Waals surface area contributed by atoms with Gasteiger partial charge in [-0.25, -0.2) is 9.59 Å². The van der Waals surface area contributed by atoms with Crippen molar-refractivity contribution in [1.29, 1.82) is 0 Å². The van der Waals surface area contributed by atoms with E-state index in [4.69, 9.17) is 4.74 Å². The van der Waals surface area contributed by atoms with E-state index in [0.29, 0.717) is 5.75 Å². The molecule has 0 aliphatic heterocycles. The molecule has 0 saturated carbocycles. The molecular formula is C13H23NO4S2. The number of esters is 1. The molecule has 0 radical (unpaired) electrons. The molecule has 0 unspecified atom stereocenters. The first-order valence-electron chi connectivity index (χ1n) is 6.30. The highest BCUT2D eigenvalue weighted by Gasteiger charge is 2.24. The van der Waals surface area contributed by atoms with Crippen molar-refractivity contribution in [2.75, 3.05) is 12.9 Å². The van der Waals surface area contributed by atoms with E-state index in [1.165, 1.54) is 28.7 Å². The molecule has 0 rings (SSSR count). The van der Waals surface area contributed by atoms with E-state index in [0.717, 1.165) is 6.42 Å². The van der Waals surface area contributed by atoms with Crippen LogP contribution in [0.4, 0.5) is 4.79 Å². The van der Waals surface area contributed by atoms with Crippen molar-refractivity contribution in [2.24, 2.45) is 0 Å². The number of allylic oxidation sites excluding steroid dienone is 1. The van der Waals surface area contributed by atoms with Gasteiger partial charge in [-0.05, 0) is 32.6 Å². The van der Waals surface area contributed by atoms with Gasteiger partial charge in [0.05, 0.1) is 7.11 Å². The molecule has 1 amide bonds. The average molecular weight is 321 g/mol. The Morgan fingerprint density at radius 2 is 2.00 bits per heavy atom. The predicted molar refractivity (Wildman–Crippen MR) is 84.7 cm³/mol. The Morgan fingerprint density at radius 1 is 1.35 bits per heavy atom. The van der Waals surface area contributed by atoms with E-state index < -0.39 is 23.7 Å². The summed E-state index contributed by atoms with van der Waals surface area (Å²) in [5, 5.41) is 4.47. The minimum atomic E-state index is -0.720. The fourth-order valence-electron chi connectivity index (χ4n) is 1.04. The molecule has 0 aromatic carbocycles. The van der Waals surface area contributed by atoms with Gasteiger partial charge in [-0.3, -0.25) is 0 Å². The number of alkyl carbamates (subject to hydrolysis) is 1. The Kier molecular flexibility index (Phi) is 9.58. The number of hydrogen-bond donors (Lipinski definition) is 1. The van der Waals surface area contributed by atoms with Crippen molar-refractivity contribution >= 4 is 33.7 Å². The van der Waals surface area contributed by atoms with E-state index in [2.05, 4.69) is 10.1 Å². The van der Waals surface area contributed by atoms with Crippen LogP contribution in [-0.2, 0) is 14.3 Å².